The van der Waals surface area contributed by atoms with Gasteiger partial charge in [0, 0.05) is 10.9 Å². The van der Waals surface area contributed by atoms with Crippen LogP contribution in [-0.4, -0.2) is 25.7 Å². The Balaban J connectivity index is 2.43. The molecule has 0 unspecified atom stereocenters. The zero-order chi connectivity index (χ0) is 21.5. The summed E-state index contributed by atoms with van der Waals surface area (Å²) in [6.07, 6.45) is 0.775. The third-order valence-electron chi connectivity index (χ3n) is 5.64. The summed E-state index contributed by atoms with van der Waals surface area (Å²) in [5.41, 5.74) is 4.72. The maximum absolute atomic E-state index is 6.15. The molecule has 158 valence electrons. The van der Waals surface area contributed by atoms with Crippen LogP contribution in [0.3, 0.4) is 0 Å². The number of fused-ring (bicyclic) bond motifs is 1. The van der Waals surface area contributed by atoms with Crippen LogP contribution < -0.4 is 19.5 Å². The van der Waals surface area contributed by atoms with Gasteiger partial charge in [-0.3, -0.25) is 0 Å². The summed E-state index contributed by atoms with van der Waals surface area (Å²) >= 11 is 0. The smallest absolute Gasteiger partial charge is 0.133 e. The fourth-order valence-electron chi connectivity index (χ4n) is 4.08. The van der Waals surface area contributed by atoms with Crippen LogP contribution in [0.25, 0.3) is 11.1 Å². The van der Waals surface area contributed by atoms with Gasteiger partial charge in [-0.15, -0.1) is 0 Å². The maximum Gasteiger partial charge on any atom is 0.133 e. The number of hydrogen-bond acceptors (Lipinski definition) is 3. The standard InChI is InChI=1S/C25H35O3P/c1-15(2)18-13-19(16(3)4)23(27-9)21(22(18)26-8)17-11-10-12-20-24(17)29(14-28-20)25(5,6)7/h10-13,15-16H,14H2,1-9H3/t29-/m1/s1. The fourth-order valence-corrected chi connectivity index (χ4v) is 6.42. The Morgan fingerprint density at radius 1 is 0.931 bits per heavy atom. The maximum atomic E-state index is 6.15. The van der Waals surface area contributed by atoms with Crippen molar-refractivity contribution in [2.45, 2.75) is 65.5 Å². The average molecular weight is 415 g/mol. The van der Waals surface area contributed by atoms with Crippen LogP contribution in [0.5, 0.6) is 17.2 Å². The van der Waals surface area contributed by atoms with Crippen molar-refractivity contribution in [2.75, 3.05) is 20.6 Å². The van der Waals surface area contributed by atoms with Gasteiger partial charge in [0.1, 0.15) is 23.6 Å². The monoisotopic (exact) mass is 414 g/mol. The van der Waals surface area contributed by atoms with E-state index in [0.717, 1.165) is 29.2 Å². The molecule has 2 aromatic rings. The van der Waals surface area contributed by atoms with Gasteiger partial charge in [-0.25, -0.2) is 0 Å². The van der Waals surface area contributed by atoms with E-state index in [1.165, 1.54) is 22.0 Å². The van der Waals surface area contributed by atoms with Crippen molar-refractivity contribution in [1.29, 1.82) is 0 Å². The second-order valence-corrected chi connectivity index (χ2v) is 12.2. The molecule has 0 aliphatic carbocycles. The van der Waals surface area contributed by atoms with Crippen molar-refractivity contribution in [3.8, 4) is 28.4 Å². The molecule has 0 radical (unpaired) electrons. The van der Waals surface area contributed by atoms with Gasteiger partial charge in [-0.1, -0.05) is 60.6 Å². The first-order valence-corrected chi connectivity index (χ1v) is 12.0. The SMILES string of the molecule is COc1c(C(C)C)cc(C(C)C)c(OC)c1-c1cccc2c1[P@](C(C)(C)C)CO2. The lowest BCUT2D eigenvalue weighted by atomic mass is 9.88. The van der Waals surface area contributed by atoms with Gasteiger partial charge in [-0.2, -0.15) is 0 Å². The van der Waals surface area contributed by atoms with Crippen LogP contribution in [0.15, 0.2) is 24.3 Å². The molecule has 2 aromatic carbocycles. The first kappa shape index (κ1) is 22.0. The molecular formula is C25H35O3P. The molecule has 4 heteroatoms. The number of methoxy groups -OCH3 is 2. The van der Waals surface area contributed by atoms with E-state index < -0.39 is 7.92 Å². The van der Waals surface area contributed by atoms with Crippen molar-refractivity contribution in [3.63, 3.8) is 0 Å². The molecule has 3 rings (SSSR count). The molecule has 0 saturated carbocycles. The summed E-state index contributed by atoms with van der Waals surface area (Å²) in [7, 11) is 3.07. The van der Waals surface area contributed by atoms with Crippen LogP contribution in [0.4, 0.5) is 0 Å². The topological polar surface area (TPSA) is 27.7 Å². The van der Waals surface area contributed by atoms with Crippen LogP contribution in [0.1, 0.15) is 71.4 Å². The second-order valence-electron chi connectivity index (χ2n) is 9.33. The molecule has 1 aliphatic heterocycles. The van der Waals surface area contributed by atoms with Gasteiger partial charge >= 0.3 is 0 Å². The zero-order valence-electron chi connectivity index (χ0n) is 19.3. The Bertz CT molecular complexity index is 860. The minimum Gasteiger partial charge on any atom is -0.496 e. The molecule has 0 aromatic heterocycles. The molecule has 0 bridgehead atoms. The molecule has 0 amide bonds. The Morgan fingerprint density at radius 3 is 1.93 bits per heavy atom. The molecular weight excluding hydrogens is 379 g/mol. The predicted octanol–water partition coefficient (Wildman–Crippen LogP) is 6.87. The summed E-state index contributed by atoms with van der Waals surface area (Å²) in [5.74, 6) is 3.55. The summed E-state index contributed by atoms with van der Waals surface area (Å²) in [6.45, 7) is 15.8. The second kappa shape index (κ2) is 8.19. The van der Waals surface area contributed by atoms with Crippen LogP contribution >= 0.6 is 7.92 Å². The Kier molecular flexibility index (Phi) is 6.20. The zero-order valence-corrected chi connectivity index (χ0v) is 20.2. The van der Waals surface area contributed by atoms with Crippen LogP contribution in [0.2, 0.25) is 0 Å². The molecule has 0 fully saturated rings. The van der Waals surface area contributed by atoms with Crippen molar-refractivity contribution in [1.82, 2.24) is 0 Å². The minimum atomic E-state index is -0.464. The molecule has 1 atom stereocenters. The van der Waals surface area contributed by atoms with Gasteiger partial charge in [0.15, 0.2) is 0 Å². The van der Waals surface area contributed by atoms with E-state index in [2.05, 4.69) is 72.7 Å². The largest absolute Gasteiger partial charge is 0.496 e. The van der Waals surface area contributed by atoms with Gasteiger partial charge in [0.25, 0.3) is 0 Å². The third-order valence-corrected chi connectivity index (χ3v) is 8.65. The molecule has 1 aliphatic rings. The highest BCUT2D eigenvalue weighted by Crippen LogP contribution is 2.58. The van der Waals surface area contributed by atoms with E-state index in [-0.39, 0.29) is 5.16 Å². The number of ether oxygens (including phenoxy) is 3. The van der Waals surface area contributed by atoms with Gasteiger partial charge in [-0.05, 0) is 48.2 Å². The summed E-state index contributed by atoms with van der Waals surface area (Å²) in [5, 5.41) is 1.50. The first-order valence-electron chi connectivity index (χ1n) is 10.4. The first-order chi connectivity index (χ1) is 13.6. The van der Waals surface area contributed by atoms with E-state index in [0.29, 0.717) is 11.8 Å². The lowest BCUT2D eigenvalue weighted by Gasteiger charge is -2.29. The highest BCUT2D eigenvalue weighted by molar-refractivity contribution is 7.67. The quantitative estimate of drug-likeness (QED) is 0.500. The Hall–Kier alpha value is -1.73. The van der Waals surface area contributed by atoms with Crippen molar-refractivity contribution in [3.05, 3.63) is 35.4 Å². The van der Waals surface area contributed by atoms with Crippen molar-refractivity contribution in [2.24, 2.45) is 0 Å². The molecule has 0 N–H and O–H groups in total. The van der Waals surface area contributed by atoms with Gasteiger partial charge in [0.2, 0.25) is 0 Å². The molecule has 3 nitrogen and oxygen atoms in total. The van der Waals surface area contributed by atoms with Crippen molar-refractivity contribution >= 4 is 13.2 Å². The van der Waals surface area contributed by atoms with Gasteiger partial charge < -0.3 is 14.2 Å². The predicted molar refractivity (Wildman–Crippen MR) is 125 cm³/mol. The number of rotatable bonds is 5. The molecule has 0 spiro atoms. The summed E-state index contributed by atoms with van der Waals surface area (Å²) in [4.78, 5) is 0. The molecule has 29 heavy (non-hydrogen) atoms. The minimum absolute atomic E-state index is 0.160. The van der Waals surface area contributed by atoms with Gasteiger partial charge in [0.05, 0.1) is 19.8 Å². The van der Waals surface area contributed by atoms with E-state index in [1.807, 2.05) is 0 Å². The summed E-state index contributed by atoms with van der Waals surface area (Å²) < 4.78 is 18.2. The van der Waals surface area contributed by atoms with E-state index in [1.54, 1.807) is 14.2 Å². The van der Waals surface area contributed by atoms with E-state index >= 15 is 0 Å². The average Bonchev–Trinajstić information content (AvgIpc) is 3.10. The highest BCUT2D eigenvalue weighted by atomic mass is 31.1. The van der Waals surface area contributed by atoms with E-state index in [4.69, 9.17) is 14.2 Å². The molecule has 0 saturated heterocycles. The Labute approximate surface area is 177 Å². The van der Waals surface area contributed by atoms with Crippen LogP contribution in [-0.2, 0) is 0 Å². The number of hydrogen-bond donors (Lipinski definition) is 0. The lowest BCUT2D eigenvalue weighted by molar-refractivity contribution is 0.388. The number of benzene rings is 2. The lowest BCUT2D eigenvalue weighted by Crippen LogP contribution is -2.19. The fraction of sp³-hybridized carbons (Fsp3) is 0.520. The molecule has 1 heterocycles. The van der Waals surface area contributed by atoms with Crippen LogP contribution in [0, 0.1) is 0 Å². The highest BCUT2D eigenvalue weighted by Gasteiger charge is 2.37. The third kappa shape index (κ3) is 3.87. The normalized spacial score (nSPS) is 16.2. The van der Waals surface area contributed by atoms with Crippen molar-refractivity contribution < 1.29 is 14.2 Å². The summed E-state index contributed by atoms with van der Waals surface area (Å²) in [6, 6.07) is 8.67. The van der Waals surface area contributed by atoms with E-state index in [9.17, 15) is 0 Å². The Morgan fingerprint density at radius 2 is 1.48 bits per heavy atom.